The summed E-state index contributed by atoms with van der Waals surface area (Å²) in [5.41, 5.74) is 11.0. The Morgan fingerprint density at radius 2 is 1.88 bits per heavy atom. The first-order chi connectivity index (χ1) is 11.7. The molecule has 0 unspecified atom stereocenters. The Balaban J connectivity index is 2.11. The average molecular weight is 322 g/mol. The third-order valence-electron chi connectivity index (χ3n) is 3.25. The monoisotopic (exact) mass is 322 g/mol. The van der Waals surface area contributed by atoms with E-state index in [-0.39, 0.29) is 17.5 Å². The molecule has 0 atom stereocenters. The van der Waals surface area contributed by atoms with E-state index in [1.54, 1.807) is 18.2 Å². The lowest BCUT2D eigenvalue weighted by Crippen LogP contribution is -2.07. The van der Waals surface area contributed by atoms with Crippen LogP contribution in [-0.2, 0) is 0 Å². The standard InChI is InChI=1S/C18H15FN4O/c19-14-7-3-4-8-15(14)24-18-13-6-2-1-5-12(13)11-17(23-18)22-16(21)9-10-20/h1-11H,20H2,(H2,21,22,23)/b10-9-. The third kappa shape index (κ3) is 3.33. The number of benzene rings is 2. The molecule has 0 spiro atoms. The van der Waals surface area contributed by atoms with Crippen molar-refractivity contribution in [2.75, 3.05) is 0 Å². The van der Waals surface area contributed by atoms with Crippen molar-refractivity contribution in [3.63, 3.8) is 0 Å². The van der Waals surface area contributed by atoms with Crippen molar-refractivity contribution in [1.82, 2.24) is 4.98 Å². The molecule has 1 aromatic heterocycles. The average Bonchev–Trinajstić information content (AvgIpc) is 2.57. The van der Waals surface area contributed by atoms with Gasteiger partial charge in [-0.15, -0.1) is 0 Å². The van der Waals surface area contributed by atoms with Crippen LogP contribution in [0.1, 0.15) is 0 Å². The number of aliphatic imine (C=N–C) groups is 1. The second kappa shape index (κ2) is 6.78. The highest BCUT2D eigenvalue weighted by atomic mass is 19.1. The number of para-hydroxylation sites is 1. The summed E-state index contributed by atoms with van der Waals surface area (Å²) in [6.45, 7) is 0. The van der Waals surface area contributed by atoms with Gasteiger partial charge in [0.05, 0.1) is 0 Å². The van der Waals surface area contributed by atoms with E-state index in [9.17, 15) is 4.39 Å². The van der Waals surface area contributed by atoms with E-state index in [2.05, 4.69) is 9.98 Å². The molecule has 0 aliphatic carbocycles. The molecule has 3 rings (SSSR count). The fraction of sp³-hybridized carbons (Fsp3) is 0. The highest BCUT2D eigenvalue weighted by Gasteiger charge is 2.10. The number of aromatic nitrogens is 1. The van der Waals surface area contributed by atoms with Crippen molar-refractivity contribution in [2.24, 2.45) is 16.5 Å². The van der Waals surface area contributed by atoms with Gasteiger partial charge in [0, 0.05) is 5.39 Å². The molecule has 0 fully saturated rings. The number of nitrogens with zero attached hydrogens (tertiary/aromatic N) is 2. The van der Waals surface area contributed by atoms with Gasteiger partial charge in [0.25, 0.3) is 0 Å². The molecule has 0 radical (unpaired) electrons. The second-order valence-electron chi connectivity index (χ2n) is 4.94. The van der Waals surface area contributed by atoms with Crippen LogP contribution in [0.4, 0.5) is 10.2 Å². The van der Waals surface area contributed by atoms with E-state index in [0.29, 0.717) is 5.82 Å². The highest BCUT2D eigenvalue weighted by Crippen LogP contribution is 2.32. The topological polar surface area (TPSA) is 86.5 Å². The van der Waals surface area contributed by atoms with Crippen LogP contribution in [0.2, 0.25) is 0 Å². The quantitative estimate of drug-likeness (QED) is 0.567. The molecule has 0 amide bonds. The molecule has 5 nitrogen and oxygen atoms in total. The molecule has 0 saturated heterocycles. The Morgan fingerprint density at radius 1 is 1.12 bits per heavy atom. The van der Waals surface area contributed by atoms with Gasteiger partial charge in [-0.3, -0.25) is 0 Å². The highest BCUT2D eigenvalue weighted by molar-refractivity contribution is 5.94. The van der Waals surface area contributed by atoms with E-state index >= 15 is 0 Å². The number of amidine groups is 1. The number of pyridine rings is 1. The first-order valence-corrected chi connectivity index (χ1v) is 7.22. The summed E-state index contributed by atoms with van der Waals surface area (Å²) in [5.74, 6) is 0.420. The maximum absolute atomic E-state index is 13.9. The third-order valence-corrected chi connectivity index (χ3v) is 3.25. The van der Waals surface area contributed by atoms with E-state index in [1.807, 2.05) is 24.3 Å². The van der Waals surface area contributed by atoms with Crippen LogP contribution in [0.5, 0.6) is 11.6 Å². The first kappa shape index (κ1) is 15.5. The van der Waals surface area contributed by atoms with Crippen LogP contribution in [0, 0.1) is 5.82 Å². The summed E-state index contributed by atoms with van der Waals surface area (Å²) in [5, 5.41) is 1.59. The van der Waals surface area contributed by atoms with Crippen molar-refractivity contribution >= 4 is 22.4 Å². The molecular weight excluding hydrogens is 307 g/mol. The summed E-state index contributed by atoms with van der Waals surface area (Å²) >= 11 is 0. The van der Waals surface area contributed by atoms with Crippen LogP contribution >= 0.6 is 0 Å². The predicted octanol–water partition coefficient (Wildman–Crippen LogP) is 3.63. The molecule has 0 saturated carbocycles. The van der Waals surface area contributed by atoms with Crippen LogP contribution in [-0.4, -0.2) is 10.8 Å². The van der Waals surface area contributed by atoms with Gasteiger partial charge in [-0.05, 0) is 41.9 Å². The summed E-state index contributed by atoms with van der Waals surface area (Å²) in [6, 6.07) is 15.4. The second-order valence-corrected chi connectivity index (χ2v) is 4.94. The molecule has 0 aliphatic rings. The van der Waals surface area contributed by atoms with Crippen molar-refractivity contribution in [2.45, 2.75) is 0 Å². The molecule has 1 heterocycles. The van der Waals surface area contributed by atoms with Gasteiger partial charge in [0.1, 0.15) is 5.84 Å². The van der Waals surface area contributed by atoms with Crippen molar-refractivity contribution in [3.05, 3.63) is 72.7 Å². The van der Waals surface area contributed by atoms with E-state index in [1.165, 1.54) is 24.4 Å². The molecule has 24 heavy (non-hydrogen) atoms. The van der Waals surface area contributed by atoms with Gasteiger partial charge in [-0.25, -0.2) is 9.38 Å². The number of rotatable bonds is 4. The zero-order valence-electron chi connectivity index (χ0n) is 12.7. The fourth-order valence-corrected chi connectivity index (χ4v) is 2.19. The number of fused-ring (bicyclic) bond motifs is 1. The Kier molecular flexibility index (Phi) is 4.38. The molecule has 0 bridgehead atoms. The summed E-state index contributed by atoms with van der Waals surface area (Å²) in [4.78, 5) is 8.49. The van der Waals surface area contributed by atoms with Crippen molar-refractivity contribution in [3.8, 4) is 11.6 Å². The summed E-state index contributed by atoms with van der Waals surface area (Å²) in [7, 11) is 0. The van der Waals surface area contributed by atoms with Crippen molar-refractivity contribution < 1.29 is 9.13 Å². The van der Waals surface area contributed by atoms with Gasteiger partial charge in [-0.1, -0.05) is 30.3 Å². The lowest BCUT2D eigenvalue weighted by molar-refractivity contribution is 0.433. The number of ether oxygens (including phenoxy) is 1. The van der Waals surface area contributed by atoms with Gasteiger partial charge >= 0.3 is 0 Å². The molecule has 0 aliphatic heterocycles. The van der Waals surface area contributed by atoms with E-state index in [0.717, 1.165) is 10.8 Å². The minimum atomic E-state index is -0.470. The minimum absolute atomic E-state index is 0.0890. The zero-order chi connectivity index (χ0) is 16.9. The number of hydrogen-bond acceptors (Lipinski definition) is 4. The Hall–Kier alpha value is -3.41. The zero-order valence-corrected chi connectivity index (χ0v) is 12.7. The van der Waals surface area contributed by atoms with Crippen LogP contribution in [0.15, 0.2) is 71.9 Å². The van der Waals surface area contributed by atoms with Gasteiger partial charge in [-0.2, -0.15) is 4.98 Å². The molecule has 6 heteroatoms. The first-order valence-electron chi connectivity index (χ1n) is 7.22. The molecular formula is C18H15FN4O. The minimum Gasteiger partial charge on any atom is -0.435 e. The molecule has 2 aromatic carbocycles. The van der Waals surface area contributed by atoms with E-state index in [4.69, 9.17) is 16.2 Å². The van der Waals surface area contributed by atoms with Gasteiger partial charge < -0.3 is 16.2 Å². The SMILES string of the molecule is N/C=C\C(N)=N/c1cc2ccccc2c(Oc2ccccc2F)n1. The predicted molar refractivity (Wildman–Crippen MR) is 92.8 cm³/mol. The Morgan fingerprint density at radius 3 is 2.67 bits per heavy atom. The normalized spacial score (nSPS) is 12.0. The lowest BCUT2D eigenvalue weighted by Gasteiger charge is -2.09. The van der Waals surface area contributed by atoms with Crippen LogP contribution in [0.3, 0.4) is 0 Å². The van der Waals surface area contributed by atoms with Gasteiger partial charge in [0.2, 0.25) is 5.88 Å². The van der Waals surface area contributed by atoms with Crippen LogP contribution < -0.4 is 16.2 Å². The maximum Gasteiger partial charge on any atom is 0.229 e. The van der Waals surface area contributed by atoms with Crippen LogP contribution in [0.25, 0.3) is 10.8 Å². The van der Waals surface area contributed by atoms with E-state index < -0.39 is 5.82 Å². The largest absolute Gasteiger partial charge is 0.435 e. The molecule has 3 aromatic rings. The lowest BCUT2D eigenvalue weighted by atomic mass is 10.1. The molecule has 120 valence electrons. The van der Waals surface area contributed by atoms with Crippen molar-refractivity contribution in [1.29, 1.82) is 0 Å². The fourth-order valence-electron chi connectivity index (χ4n) is 2.19. The molecule has 4 N–H and O–H groups in total. The maximum atomic E-state index is 13.9. The number of halogens is 1. The summed E-state index contributed by atoms with van der Waals surface area (Å²) in [6.07, 6.45) is 2.74. The Bertz CT molecular complexity index is 937. The number of nitrogens with two attached hydrogens (primary N) is 2. The Labute approximate surface area is 138 Å². The smallest absolute Gasteiger partial charge is 0.229 e. The summed E-state index contributed by atoms with van der Waals surface area (Å²) < 4.78 is 19.5. The van der Waals surface area contributed by atoms with Gasteiger partial charge in [0.15, 0.2) is 17.4 Å². The number of hydrogen-bond donors (Lipinski definition) is 2.